The first-order chi connectivity index (χ1) is 4.22. The van der Waals surface area contributed by atoms with E-state index in [4.69, 9.17) is 10.8 Å². The van der Waals surface area contributed by atoms with E-state index in [1.54, 1.807) is 0 Å². The zero-order valence-corrected chi connectivity index (χ0v) is 6.23. The number of aliphatic hydroxyl groups excluding tert-OH is 1. The topological polar surface area (TPSA) is 75.4 Å². The van der Waals surface area contributed by atoms with Crippen LogP contribution in [0.1, 0.15) is 6.42 Å². The van der Waals surface area contributed by atoms with Gasteiger partial charge in [-0.25, -0.2) is 0 Å². The molecule has 0 aromatic carbocycles. The molecule has 1 aliphatic heterocycles. The van der Waals surface area contributed by atoms with Gasteiger partial charge in [0.05, 0.1) is 6.10 Å². The van der Waals surface area contributed by atoms with Gasteiger partial charge < -0.3 is 16.2 Å². The summed E-state index contributed by atoms with van der Waals surface area (Å²) < 4.78 is 0. The molecular formula is C5H11ClN2O2. The Hall–Kier alpha value is -0.320. The zero-order valence-electron chi connectivity index (χ0n) is 5.41. The molecule has 0 bridgehead atoms. The van der Waals surface area contributed by atoms with Gasteiger partial charge in [0.1, 0.15) is 6.04 Å². The number of primary amides is 1. The lowest BCUT2D eigenvalue weighted by atomic mass is 10.2. The summed E-state index contributed by atoms with van der Waals surface area (Å²) in [5, 5.41) is 11.8. The number of nitrogens with one attached hydrogen (secondary N) is 1. The third kappa shape index (κ3) is 1.83. The molecule has 1 rings (SSSR count). The molecule has 0 unspecified atom stereocenters. The molecule has 10 heavy (non-hydrogen) atoms. The van der Waals surface area contributed by atoms with E-state index in [9.17, 15) is 4.79 Å². The van der Waals surface area contributed by atoms with Crippen molar-refractivity contribution in [2.24, 2.45) is 5.73 Å². The van der Waals surface area contributed by atoms with Crippen LogP contribution in [-0.2, 0) is 4.79 Å². The smallest absolute Gasteiger partial charge is 0.237 e. The summed E-state index contributed by atoms with van der Waals surface area (Å²) in [7, 11) is 0. The molecule has 4 N–H and O–H groups in total. The van der Waals surface area contributed by atoms with Crippen molar-refractivity contribution >= 4 is 18.3 Å². The minimum absolute atomic E-state index is 0. The molecule has 5 heteroatoms. The summed E-state index contributed by atoms with van der Waals surface area (Å²) in [6, 6.07) is -0.523. The molecule has 2 atom stereocenters. The number of carbonyl (C=O) groups is 1. The predicted octanol–water partition coefficient (Wildman–Crippen LogP) is -1.38. The molecule has 0 aliphatic carbocycles. The summed E-state index contributed by atoms with van der Waals surface area (Å²) in [5.74, 6) is -0.472. The van der Waals surface area contributed by atoms with Crippen molar-refractivity contribution in [3.63, 3.8) is 0 Å². The second-order valence-corrected chi connectivity index (χ2v) is 2.19. The van der Waals surface area contributed by atoms with Crippen molar-refractivity contribution in [3.8, 4) is 0 Å². The van der Waals surface area contributed by atoms with Crippen LogP contribution in [0.15, 0.2) is 0 Å². The molecule has 1 aliphatic rings. The minimum Gasteiger partial charge on any atom is -0.391 e. The molecular weight excluding hydrogens is 156 g/mol. The molecule has 0 saturated carbocycles. The molecule has 0 radical (unpaired) electrons. The molecule has 60 valence electrons. The number of hydrogen-bond acceptors (Lipinski definition) is 3. The number of rotatable bonds is 1. The molecule has 1 heterocycles. The van der Waals surface area contributed by atoms with E-state index in [1.807, 2.05) is 0 Å². The number of halogens is 1. The van der Waals surface area contributed by atoms with Crippen LogP contribution < -0.4 is 11.1 Å². The maximum absolute atomic E-state index is 10.4. The van der Waals surface area contributed by atoms with Gasteiger partial charge >= 0.3 is 0 Å². The fourth-order valence-corrected chi connectivity index (χ4v) is 0.980. The van der Waals surface area contributed by atoms with Gasteiger partial charge in [0, 0.05) is 0 Å². The van der Waals surface area contributed by atoms with Crippen LogP contribution in [0.2, 0.25) is 0 Å². The maximum Gasteiger partial charge on any atom is 0.237 e. The van der Waals surface area contributed by atoms with Gasteiger partial charge in [0.15, 0.2) is 0 Å². The maximum atomic E-state index is 10.4. The van der Waals surface area contributed by atoms with Crippen LogP contribution in [-0.4, -0.2) is 29.7 Å². The van der Waals surface area contributed by atoms with Crippen LogP contribution in [0.3, 0.4) is 0 Å². The highest BCUT2D eigenvalue weighted by Gasteiger charge is 2.28. The third-order valence-corrected chi connectivity index (χ3v) is 1.50. The summed E-state index contributed by atoms with van der Waals surface area (Å²) in [5.41, 5.74) is 4.93. The van der Waals surface area contributed by atoms with Gasteiger partial charge in [-0.2, -0.15) is 0 Å². The van der Waals surface area contributed by atoms with Crippen LogP contribution in [0.5, 0.6) is 0 Å². The molecule has 1 amide bonds. The van der Waals surface area contributed by atoms with Crippen molar-refractivity contribution in [2.45, 2.75) is 18.6 Å². The van der Waals surface area contributed by atoms with Gasteiger partial charge in [-0.1, -0.05) is 0 Å². The third-order valence-electron chi connectivity index (χ3n) is 1.50. The van der Waals surface area contributed by atoms with Gasteiger partial charge in [-0.15, -0.1) is 12.4 Å². The van der Waals surface area contributed by atoms with Gasteiger partial charge in [0.2, 0.25) is 5.91 Å². The van der Waals surface area contributed by atoms with Crippen LogP contribution in [0.4, 0.5) is 0 Å². The molecule has 1 fully saturated rings. The van der Waals surface area contributed by atoms with Crippen LogP contribution in [0, 0.1) is 0 Å². The van der Waals surface area contributed by atoms with E-state index >= 15 is 0 Å². The number of carbonyl (C=O) groups excluding carboxylic acids is 1. The number of aliphatic hydroxyl groups is 1. The van der Waals surface area contributed by atoms with Crippen molar-refractivity contribution in [1.82, 2.24) is 5.32 Å². The summed E-state index contributed by atoms with van der Waals surface area (Å²) in [6.07, 6.45) is 0.0376. The average molecular weight is 167 g/mol. The largest absolute Gasteiger partial charge is 0.391 e. The Bertz CT molecular complexity index is 131. The zero-order chi connectivity index (χ0) is 6.85. The van der Waals surface area contributed by atoms with E-state index in [-0.39, 0.29) is 12.4 Å². The monoisotopic (exact) mass is 166 g/mol. The van der Waals surface area contributed by atoms with Gasteiger partial charge in [0.25, 0.3) is 0 Å². The lowest BCUT2D eigenvalue weighted by Crippen LogP contribution is -2.42. The van der Waals surface area contributed by atoms with E-state index < -0.39 is 18.1 Å². The molecule has 0 aromatic heterocycles. The quantitative estimate of drug-likeness (QED) is 0.449. The van der Waals surface area contributed by atoms with Gasteiger partial charge in [-0.05, 0) is 13.0 Å². The SMILES string of the molecule is Cl.NC(=O)[C@H]1NCC[C@H]1O. The Morgan fingerprint density at radius 2 is 2.30 bits per heavy atom. The fourth-order valence-electron chi connectivity index (χ4n) is 0.980. The lowest BCUT2D eigenvalue weighted by Gasteiger charge is -2.08. The normalized spacial score (nSPS) is 31.3. The average Bonchev–Trinajstić information content (AvgIpc) is 2.13. The first kappa shape index (κ1) is 9.68. The summed E-state index contributed by atoms with van der Waals surface area (Å²) in [6.45, 7) is 0.675. The highest BCUT2D eigenvalue weighted by atomic mass is 35.5. The first-order valence-electron chi connectivity index (χ1n) is 2.92. The Balaban J connectivity index is 0.000000810. The molecule has 4 nitrogen and oxygen atoms in total. The van der Waals surface area contributed by atoms with Crippen LogP contribution in [0.25, 0.3) is 0 Å². The van der Waals surface area contributed by atoms with E-state index in [0.717, 1.165) is 0 Å². The van der Waals surface area contributed by atoms with Crippen molar-refractivity contribution in [2.75, 3.05) is 6.54 Å². The van der Waals surface area contributed by atoms with E-state index in [1.165, 1.54) is 0 Å². The number of hydrogen-bond donors (Lipinski definition) is 3. The highest BCUT2D eigenvalue weighted by molar-refractivity contribution is 5.85. The molecule has 1 saturated heterocycles. The second-order valence-electron chi connectivity index (χ2n) is 2.19. The fraction of sp³-hybridized carbons (Fsp3) is 0.800. The summed E-state index contributed by atoms with van der Waals surface area (Å²) >= 11 is 0. The molecule has 0 aromatic rings. The Morgan fingerprint density at radius 1 is 1.70 bits per heavy atom. The number of nitrogens with two attached hydrogens (primary N) is 1. The highest BCUT2D eigenvalue weighted by Crippen LogP contribution is 2.04. The number of amides is 1. The van der Waals surface area contributed by atoms with Crippen molar-refractivity contribution in [3.05, 3.63) is 0 Å². The van der Waals surface area contributed by atoms with Crippen molar-refractivity contribution < 1.29 is 9.90 Å². The van der Waals surface area contributed by atoms with Gasteiger partial charge in [-0.3, -0.25) is 4.79 Å². The Labute approximate surface area is 65.2 Å². The lowest BCUT2D eigenvalue weighted by molar-refractivity contribution is -0.121. The van der Waals surface area contributed by atoms with Crippen molar-refractivity contribution in [1.29, 1.82) is 0 Å². The van der Waals surface area contributed by atoms with Crippen LogP contribution >= 0.6 is 12.4 Å². The van der Waals surface area contributed by atoms with E-state index in [2.05, 4.69) is 5.32 Å². The summed E-state index contributed by atoms with van der Waals surface area (Å²) in [4.78, 5) is 10.4. The second kappa shape index (κ2) is 3.75. The molecule has 0 spiro atoms. The van der Waals surface area contributed by atoms with E-state index in [0.29, 0.717) is 13.0 Å². The Morgan fingerprint density at radius 3 is 2.50 bits per heavy atom. The standard InChI is InChI=1S/C5H10N2O2.ClH/c6-5(9)4-3(8)1-2-7-4;/h3-4,7-8H,1-2H2,(H2,6,9);1H/t3-,4+;/m1./s1. The minimum atomic E-state index is -0.581. The first-order valence-corrected chi connectivity index (χ1v) is 2.92. The predicted molar refractivity (Wildman–Crippen MR) is 38.9 cm³/mol. The Kier molecular flexibility index (Phi) is 3.63.